The smallest absolute Gasteiger partial charge is 0.272 e. The van der Waals surface area contributed by atoms with E-state index in [4.69, 9.17) is 17.3 Å². The molecule has 2 fully saturated rings. The first-order valence-corrected chi connectivity index (χ1v) is 11.6. The van der Waals surface area contributed by atoms with Crippen LogP contribution in [0.3, 0.4) is 0 Å². The van der Waals surface area contributed by atoms with E-state index in [0.29, 0.717) is 19.1 Å². The molecule has 2 rings (SSSR count). The summed E-state index contributed by atoms with van der Waals surface area (Å²) in [6, 6.07) is 0.473. The highest BCUT2D eigenvalue weighted by Crippen LogP contribution is 2.24. The molecule has 0 aromatic carbocycles. The zero-order chi connectivity index (χ0) is 20.9. The highest BCUT2D eigenvalue weighted by molar-refractivity contribution is 7.88. The van der Waals surface area contributed by atoms with E-state index in [9.17, 15) is 13.2 Å². The average Bonchev–Trinajstić information content (AvgIpc) is 2.66. The zero-order valence-electron chi connectivity index (χ0n) is 16.6. The van der Waals surface area contributed by atoms with Crippen molar-refractivity contribution in [3.63, 3.8) is 0 Å². The van der Waals surface area contributed by atoms with Crippen molar-refractivity contribution in [1.82, 2.24) is 14.1 Å². The predicted molar refractivity (Wildman–Crippen MR) is 113 cm³/mol. The number of nitrogens with two attached hydrogens (primary N) is 1. The number of allylic oxidation sites excluding steroid dienone is 2. The maximum atomic E-state index is 12.6. The van der Waals surface area contributed by atoms with E-state index in [1.165, 1.54) is 16.6 Å². The minimum absolute atomic E-state index is 0.0680. The van der Waals surface area contributed by atoms with Gasteiger partial charge in [0.2, 0.25) is 10.0 Å². The van der Waals surface area contributed by atoms with Gasteiger partial charge < -0.3 is 15.5 Å². The number of nitrogens with zero attached hydrogens (tertiary/aromatic N) is 4. The molecule has 0 aromatic rings. The third-order valence-corrected chi connectivity index (χ3v) is 6.98. The van der Waals surface area contributed by atoms with Gasteiger partial charge in [-0.1, -0.05) is 18.2 Å². The Morgan fingerprint density at radius 2 is 1.79 bits per heavy atom. The molecule has 0 aliphatic carbocycles. The first-order chi connectivity index (χ1) is 13.1. The van der Waals surface area contributed by atoms with Gasteiger partial charge in [-0.25, -0.2) is 17.7 Å². The number of likely N-dealkylation sites (tertiary alicyclic amines) is 2. The monoisotopic (exact) mass is 431 g/mol. The van der Waals surface area contributed by atoms with Crippen molar-refractivity contribution < 1.29 is 13.2 Å². The molecule has 2 N–H and O–H groups in total. The number of hydrogen-bond donors (Lipinski definition) is 1. The molecule has 0 bridgehead atoms. The predicted octanol–water partition coefficient (Wildman–Crippen LogP) is 0.957. The highest BCUT2D eigenvalue weighted by atomic mass is 35.5. The lowest BCUT2D eigenvalue weighted by Gasteiger charge is -2.43. The van der Waals surface area contributed by atoms with Gasteiger partial charge in [0.1, 0.15) is 5.70 Å². The van der Waals surface area contributed by atoms with Crippen LogP contribution in [-0.2, 0) is 14.8 Å². The number of halogens is 1. The number of hydrogen-bond acceptors (Lipinski definition) is 5. The van der Waals surface area contributed by atoms with Crippen molar-refractivity contribution in [1.29, 1.82) is 0 Å². The standard InChI is InChI=1S/C18H30ClN5O3S/c1-14(19)12-17(21-13-20)18(25)24-10-6-16(7-11-24)23-8-4-15(5-9-23)22(2)28(3,26)27/h12-13,15-16H,1,4-11H2,2-3H3,(H2,20,21)/b17-12-. The third kappa shape index (κ3) is 6.04. The zero-order valence-corrected chi connectivity index (χ0v) is 18.1. The Hall–Kier alpha value is -1.42. The Morgan fingerprint density at radius 1 is 1.21 bits per heavy atom. The van der Waals surface area contributed by atoms with Gasteiger partial charge in [0.05, 0.1) is 12.6 Å². The van der Waals surface area contributed by atoms with E-state index < -0.39 is 10.0 Å². The Balaban J connectivity index is 1.87. The van der Waals surface area contributed by atoms with Crippen LogP contribution in [0, 0.1) is 0 Å². The molecule has 2 heterocycles. The summed E-state index contributed by atoms with van der Waals surface area (Å²) in [5.41, 5.74) is 5.51. The van der Waals surface area contributed by atoms with E-state index in [2.05, 4.69) is 16.5 Å². The van der Waals surface area contributed by atoms with Crippen LogP contribution in [0.2, 0.25) is 0 Å². The maximum absolute atomic E-state index is 12.6. The fourth-order valence-electron chi connectivity index (χ4n) is 3.86. The fourth-order valence-corrected chi connectivity index (χ4v) is 4.72. The quantitative estimate of drug-likeness (QED) is 0.292. The van der Waals surface area contributed by atoms with Crippen LogP contribution >= 0.6 is 11.6 Å². The maximum Gasteiger partial charge on any atom is 0.272 e. The van der Waals surface area contributed by atoms with Crippen molar-refractivity contribution in [2.75, 3.05) is 39.5 Å². The van der Waals surface area contributed by atoms with Crippen LogP contribution < -0.4 is 5.73 Å². The number of aliphatic imine (C=N–C) groups is 1. The second-order valence-electron chi connectivity index (χ2n) is 7.32. The van der Waals surface area contributed by atoms with Crippen LogP contribution in [0.4, 0.5) is 0 Å². The Kier molecular flexibility index (Phi) is 8.06. The lowest BCUT2D eigenvalue weighted by Crippen LogP contribution is -2.52. The van der Waals surface area contributed by atoms with Crippen molar-refractivity contribution in [3.05, 3.63) is 23.4 Å². The van der Waals surface area contributed by atoms with Crippen molar-refractivity contribution in [2.24, 2.45) is 10.7 Å². The molecule has 0 saturated carbocycles. The number of carbonyl (C=O) groups is 1. The molecule has 10 heteroatoms. The van der Waals surface area contributed by atoms with Gasteiger partial charge in [-0.2, -0.15) is 0 Å². The second kappa shape index (κ2) is 9.87. The normalized spacial score (nSPS) is 21.6. The van der Waals surface area contributed by atoms with Crippen LogP contribution in [-0.4, -0.2) is 86.3 Å². The lowest BCUT2D eigenvalue weighted by atomic mass is 9.97. The van der Waals surface area contributed by atoms with E-state index in [1.54, 1.807) is 11.9 Å². The first-order valence-electron chi connectivity index (χ1n) is 9.40. The Morgan fingerprint density at radius 3 is 2.25 bits per heavy atom. The summed E-state index contributed by atoms with van der Waals surface area (Å²) in [6.45, 7) is 6.59. The summed E-state index contributed by atoms with van der Waals surface area (Å²) in [5, 5.41) is 0.228. The summed E-state index contributed by atoms with van der Waals surface area (Å²) >= 11 is 5.77. The number of piperidine rings is 2. The van der Waals surface area contributed by atoms with E-state index in [0.717, 1.165) is 45.1 Å². The summed E-state index contributed by atoms with van der Waals surface area (Å²) in [5.74, 6) is -0.199. The molecular formula is C18H30ClN5O3S. The van der Waals surface area contributed by atoms with Gasteiger partial charge in [0, 0.05) is 37.3 Å². The topological polar surface area (TPSA) is 99.3 Å². The Bertz CT molecular complexity index is 736. The molecule has 8 nitrogen and oxygen atoms in total. The van der Waals surface area contributed by atoms with Crippen LogP contribution in [0.25, 0.3) is 0 Å². The molecule has 0 aromatic heterocycles. The van der Waals surface area contributed by atoms with Crippen LogP contribution in [0.15, 0.2) is 28.4 Å². The Labute approximate surface area is 172 Å². The highest BCUT2D eigenvalue weighted by Gasteiger charge is 2.32. The number of sulfonamides is 1. The molecule has 2 saturated heterocycles. The van der Waals surface area contributed by atoms with Gasteiger partial charge in [0.25, 0.3) is 5.91 Å². The molecule has 28 heavy (non-hydrogen) atoms. The molecule has 0 radical (unpaired) electrons. The minimum atomic E-state index is -3.15. The molecule has 1 amide bonds. The SMILES string of the molecule is C=C(Cl)/C=C(\N=CN)C(=O)N1CCC(N2CCC(N(C)S(C)(=O)=O)CC2)CC1. The van der Waals surface area contributed by atoms with Crippen molar-refractivity contribution >= 4 is 33.9 Å². The van der Waals surface area contributed by atoms with Crippen LogP contribution in [0.5, 0.6) is 0 Å². The van der Waals surface area contributed by atoms with E-state index in [1.807, 2.05) is 0 Å². The molecule has 0 spiro atoms. The summed E-state index contributed by atoms with van der Waals surface area (Å²) < 4.78 is 24.9. The molecule has 0 atom stereocenters. The lowest BCUT2D eigenvalue weighted by molar-refractivity contribution is -0.128. The molecule has 2 aliphatic rings. The van der Waals surface area contributed by atoms with Crippen molar-refractivity contribution in [3.8, 4) is 0 Å². The first kappa shape index (κ1) is 22.9. The summed E-state index contributed by atoms with van der Waals surface area (Å²) in [4.78, 5) is 20.7. The summed E-state index contributed by atoms with van der Waals surface area (Å²) in [7, 11) is -1.50. The number of rotatable bonds is 6. The van der Waals surface area contributed by atoms with Crippen molar-refractivity contribution in [2.45, 2.75) is 37.8 Å². The molecule has 2 aliphatic heterocycles. The van der Waals surface area contributed by atoms with Gasteiger partial charge >= 0.3 is 0 Å². The average molecular weight is 432 g/mol. The van der Waals surface area contributed by atoms with Crippen LogP contribution in [0.1, 0.15) is 25.7 Å². The van der Waals surface area contributed by atoms with E-state index >= 15 is 0 Å². The molecule has 0 unspecified atom stereocenters. The number of carbonyl (C=O) groups excluding carboxylic acids is 1. The van der Waals surface area contributed by atoms with Gasteiger partial charge in [-0.3, -0.25) is 4.79 Å². The van der Waals surface area contributed by atoms with E-state index in [-0.39, 0.29) is 22.7 Å². The van der Waals surface area contributed by atoms with Gasteiger partial charge in [-0.05, 0) is 44.8 Å². The largest absolute Gasteiger partial charge is 0.390 e. The minimum Gasteiger partial charge on any atom is -0.390 e. The third-order valence-electron chi connectivity index (χ3n) is 5.53. The summed E-state index contributed by atoms with van der Waals surface area (Å²) in [6.07, 6.45) is 7.16. The van der Waals surface area contributed by atoms with Gasteiger partial charge in [0.15, 0.2) is 0 Å². The number of amides is 1. The van der Waals surface area contributed by atoms with Gasteiger partial charge in [-0.15, -0.1) is 0 Å². The molecular weight excluding hydrogens is 402 g/mol. The fraction of sp³-hybridized carbons (Fsp3) is 0.667. The molecule has 158 valence electrons. The second-order valence-corrected chi connectivity index (χ2v) is 9.85.